The van der Waals surface area contributed by atoms with Gasteiger partial charge in [0.15, 0.2) is 0 Å². The van der Waals surface area contributed by atoms with Gasteiger partial charge in [0.2, 0.25) is 0 Å². The van der Waals surface area contributed by atoms with Gasteiger partial charge in [-0.2, -0.15) is 0 Å². The fourth-order valence-electron chi connectivity index (χ4n) is 3.08. The van der Waals surface area contributed by atoms with E-state index >= 15 is 0 Å². The second kappa shape index (κ2) is 15.8. The Morgan fingerprint density at radius 1 is 0.724 bits per heavy atom. The van der Waals surface area contributed by atoms with Crippen LogP contribution >= 0.6 is 0 Å². The Hall–Kier alpha value is -2.04. The summed E-state index contributed by atoms with van der Waals surface area (Å²) in [4.78, 5) is 24.4. The maximum atomic E-state index is 12.2. The molecule has 5 heteroatoms. The van der Waals surface area contributed by atoms with Gasteiger partial charge in [-0.05, 0) is 31.0 Å². The smallest absolute Gasteiger partial charge is 0.341 e. The zero-order valence-electron chi connectivity index (χ0n) is 18.2. The van der Waals surface area contributed by atoms with Crippen LogP contribution in [0.4, 0.5) is 0 Å². The van der Waals surface area contributed by atoms with Crippen molar-refractivity contribution in [2.24, 2.45) is 0 Å². The molecule has 0 fully saturated rings. The van der Waals surface area contributed by atoms with Crippen LogP contribution in [0.3, 0.4) is 0 Å². The molecule has 0 unspecified atom stereocenters. The number of hydrogen-bond acceptors (Lipinski definition) is 5. The first kappa shape index (κ1) is 25.0. The van der Waals surface area contributed by atoms with Crippen molar-refractivity contribution < 1.29 is 24.2 Å². The summed E-state index contributed by atoms with van der Waals surface area (Å²) in [5.41, 5.74) is 0.255. The summed E-state index contributed by atoms with van der Waals surface area (Å²) in [6.45, 7) is 5.03. The van der Waals surface area contributed by atoms with Crippen LogP contribution in [0.1, 0.15) is 112 Å². The summed E-state index contributed by atoms with van der Waals surface area (Å²) in [6.07, 6.45) is 13.3. The number of hydrogen-bond donors (Lipinski definition) is 1. The molecule has 0 aliphatic heterocycles. The van der Waals surface area contributed by atoms with Gasteiger partial charge in [0.25, 0.3) is 0 Å². The quantitative estimate of drug-likeness (QED) is 0.253. The normalized spacial score (nSPS) is 10.7. The SMILES string of the molecule is CCCCCCCCOC(=O)c1ccc(O)c(C(=O)OCCCCCCCC)c1. The number of unbranched alkanes of at least 4 members (excludes halogenated alkanes) is 10. The van der Waals surface area contributed by atoms with Crippen LogP contribution < -0.4 is 0 Å². The summed E-state index contributed by atoms with van der Waals surface area (Å²) in [7, 11) is 0. The second-order valence-electron chi connectivity index (χ2n) is 7.54. The molecular formula is C24H38O5. The molecule has 0 aliphatic rings. The van der Waals surface area contributed by atoms with Gasteiger partial charge in [-0.1, -0.05) is 78.1 Å². The maximum Gasteiger partial charge on any atom is 0.341 e. The first-order valence-corrected chi connectivity index (χ1v) is 11.3. The number of carbonyl (C=O) groups is 2. The van der Waals surface area contributed by atoms with Gasteiger partial charge in [-0.15, -0.1) is 0 Å². The molecule has 0 spiro atoms. The summed E-state index contributed by atoms with van der Waals surface area (Å²) >= 11 is 0. The predicted octanol–water partition coefficient (Wildman–Crippen LogP) is 6.43. The molecule has 164 valence electrons. The monoisotopic (exact) mass is 406 g/mol. The molecule has 0 atom stereocenters. The van der Waals surface area contributed by atoms with Crippen LogP contribution in [0.25, 0.3) is 0 Å². The highest BCUT2D eigenvalue weighted by molar-refractivity contribution is 5.97. The maximum absolute atomic E-state index is 12.2. The number of ether oxygens (including phenoxy) is 2. The molecule has 0 saturated heterocycles. The Morgan fingerprint density at radius 2 is 1.21 bits per heavy atom. The van der Waals surface area contributed by atoms with Crippen molar-refractivity contribution in [2.75, 3.05) is 13.2 Å². The van der Waals surface area contributed by atoms with Crippen molar-refractivity contribution in [3.63, 3.8) is 0 Å². The average Bonchev–Trinajstić information content (AvgIpc) is 2.72. The highest BCUT2D eigenvalue weighted by Crippen LogP contribution is 2.20. The summed E-state index contributed by atoms with van der Waals surface area (Å²) in [5.74, 6) is -1.28. The van der Waals surface area contributed by atoms with Crippen LogP contribution in [-0.2, 0) is 9.47 Å². The molecule has 1 N–H and O–H groups in total. The molecule has 0 radical (unpaired) electrons. The van der Waals surface area contributed by atoms with E-state index < -0.39 is 11.9 Å². The van der Waals surface area contributed by atoms with E-state index in [9.17, 15) is 14.7 Å². The lowest BCUT2D eigenvalue weighted by Gasteiger charge is -2.09. The lowest BCUT2D eigenvalue weighted by Crippen LogP contribution is -2.10. The Kier molecular flexibility index (Phi) is 13.6. The highest BCUT2D eigenvalue weighted by atomic mass is 16.5. The van der Waals surface area contributed by atoms with Gasteiger partial charge >= 0.3 is 11.9 Å². The van der Waals surface area contributed by atoms with Crippen LogP contribution in [0.15, 0.2) is 18.2 Å². The molecule has 1 aromatic carbocycles. The van der Waals surface area contributed by atoms with E-state index in [4.69, 9.17) is 9.47 Å². The number of esters is 2. The van der Waals surface area contributed by atoms with Crippen LogP contribution in [-0.4, -0.2) is 30.3 Å². The standard InChI is InChI=1S/C24H38O5/c1-3-5-7-9-11-13-17-28-23(26)20-15-16-22(25)21(19-20)24(27)29-18-14-12-10-8-6-4-2/h15-16,19,25H,3-14,17-18H2,1-2H3. The van der Waals surface area contributed by atoms with Crippen molar-refractivity contribution in [1.82, 2.24) is 0 Å². The topological polar surface area (TPSA) is 72.8 Å². The zero-order chi connectivity index (χ0) is 21.3. The first-order chi connectivity index (χ1) is 14.1. The minimum absolute atomic E-state index is 0.00463. The van der Waals surface area contributed by atoms with Gasteiger partial charge in [0, 0.05) is 0 Å². The Morgan fingerprint density at radius 3 is 1.76 bits per heavy atom. The van der Waals surface area contributed by atoms with Gasteiger partial charge < -0.3 is 14.6 Å². The fourth-order valence-corrected chi connectivity index (χ4v) is 3.08. The molecule has 5 nitrogen and oxygen atoms in total. The Balaban J connectivity index is 2.38. The molecule has 0 heterocycles. The Labute approximate surface area is 175 Å². The van der Waals surface area contributed by atoms with Crippen molar-refractivity contribution >= 4 is 11.9 Å². The molecule has 1 rings (SSSR count). The first-order valence-electron chi connectivity index (χ1n) is 11.3. The van der Waals surface area contributed by atoms with Gasteiger partial charge in [0.05, 0.1) is 18.8 Å². The third kappa shape index (κ3) is 10.9. The molecule has 0 aliphatic carbocycles. The van der Waals surface area contributed by atoms with E-state index in [1.807, 2.05) is 0 Å². The fraction of sp³-hybridized carbons (Fsp3) is 0.667. The van der Waals surface area contributed by atoms with Crippen LogP contribution in [0.5, 0.6) is 5.75 Å². The van der Waals surface area contributed by atoms with Gasteiger partial charge in [-0.3, -0.25) is 0 Å². The van der Waals surface area contributed by atoms with Crippen molar-refractivity contribution in [2.45, 2.75) is 90.9 Å². The van der Waals surface area contributed by atoms with Gasteiger partial charge in [-0.25, -0.2) is 9.59 Å². The summed E-state index contributed by atoms with van der Waals surface area (Å²) < 4.78 is 10.5. The number of rotatable bonds is 16. The molecular weight excluding hydrogens is 368 g/mol. The largest absolute Gasteiger partial charge is 0.507 e. The molecule has 0 saturated carbocycles. The molecule has 29 heavy (non-hydrogen) atoms. The molecule has 0 aromatic heterocycles. The minimum Gasteiger partial charge on any atom is -0.507 e. The van der Waals surface area contributed by atoms with Crippen molar-refractivity contribution in [3.8, 4) is 5.75 Å². The van der Waals surface area contributed by atoms with E-state index in [1.54, 1.807) is 0 Å². The van der Waals surface area contributed by atoms with Crippen LogP contribution in [0, 0.1) is 0 Å². The predicted molar refractivity (Wildman–Crippen MR) is 115 cm³/mol. The Bertz CT molecular complexity index is 597. The van der Waals surface area contributed by atoms with Crippen molar-refractivity contribution in [3.05, 3.63) is 29.3 Å². The number of aromatic hydroxyl groups is 1. The minimum atomic E-state index is -0.610. The molecule has 0 amide bonds. The lowest BCUT2D eigenvalue weighted by molar-refractivity contribution is 0.0493. The van der Waals surface area contributed by atoms with E-state index in [0.29, 0.717) is 13.2 Å². The lowest BCUT2D eigenvalue weighted by atomic mass is 10.1. The zero-order valence-corrected chi connectivity index (χ0v) is 18.2. The number of benzene rings is 1. The van der Waals surface area contributed by atoms with Gasteiger partial charge in [0.1, 0.15) is 11.3 Å². The van der Waals surface area contributed by atoms with Crippen molar-refractivity contribution in [1.29, 1.82) is 0 Å². The summed E-state index contributed by atoms with van der Waals surface area (Å²) in [6, 6.07) is 4.15. The number of carbonyl (C=O) groups excluding carboxylic acids is 2. The third-order valence-corrected chi connectivity index (χ3v) is 4.91. The van der Waals surface area contributed by atoms with E-state index in [-0.39, 0.29) is 16.9 Å². The van der Waals surface area contributed by atoms with E-state index in [2.05, 4.69) is 13.8 Å². The van der Waals surface area contributed by atoms with E-state index in [0.717, 1.165) is 38.5 Å². The number of phenolic OH excluding ortho intramolecular Hbond substituents is 1. The third-order valence-electron chi connectivity index (χ3n) is 4.91. The summed E-state index contributed by atoms with van der Waals surface area (Å²) in [5, 5.41) is 9.95. The average molecular weight is 407 g/mol. The van der Waals surface area contributed by atoms with Crippen LogP contribution in [0.2, 0.25) is 0 Å². The highest BCUT2D eigenvalue weighted by Gasteiger charge is 2.17. The molecule has 0 bridgehead atoms. The van der Waals surface area contributed by atoms with E-state index in [1.165, 1.54) is 56.7 Å². The number of phenols is 1. The molecule has 1 aromatic rings. The second-order valence-corrected chi connectivity index (χ2v) is 7.54.